The maximum absolute atomic E-state index is 11.3. The molecule has 0 heterocycles. The van der Waals surface area contributed by atoms with E-state index < -0.39 is 10.3 Å². The fourth-order valence-electron chi connectivity index (χ4n) is 2.59. The number of unbranched alkanes of at least 4 members (excludes halogenated alkanes) is 13. The molecule has 0 saturated heterocycles. The highest BCUT2D eigenvalue weighted by Gasteiger charge is 2.28. The van der Waals surface area contributed by atoms with E-state index in [-0.39, 0.29) is 0 Å². The summed E-state index contributed by atoms with van der Waals surface area (Å²) in [5, 5.41) is 0. The smallest absolute Gasteiger partial charge is 0.342 e. The number of esters is 1. The van der Waals surface area contributed by atoms with Gasteiger partial charge < -0.3 is 4.74 Å². The zero-order chi connectivity index (χ0) is 17.4. The third-order valence-corrected chi connectivity index (χ3v) is 4.40. The van der Waals surface area contributed by atoms with Gasteiger partial charge in [0.15, 0.2) is 0 Å². The van der Waals surface area contributed by atoms with Crippen molar-refractivity contribution in [1.29, 1.82) is 0 Å². The van der Waals surface area contributed by atoms with Gasteiger partial charge in [0, 0.05) is 0 Å². The third-order valence-electron chi connectivity index (χ3n) is 4.09. The maximum Gasteiger partial charge on any atom is 0.342 e. The lowest BCUT2D eigenvalue weighted by atomic mass is 10.0. The van der Waals surface area contributed by atoms with Crippen LogP contribution in [0.3, 0.4) is 0 Å². The molecular formula is C19H36Cl2O2. The SMILES string of the molecule is CCCCCCCCCCCCCCCCOC(=O)C(C)(Cl)Cl. The number of carbonyl (C=O) groups excluding carboxylic acids is 1. The van der Waals surface area contributed by atoms with Crippen LogP contribution >= 0.6 is 23.2 Å². The average Bonchev–Trinajstić information content (AvgIpc) is 2.50. The summed E-state index contributed by atoms with van der Waals surface area (Å²) in [6.45, 7) is 4.12. The summed E-state index contributed by atoms with van der Waals surface area (Å²) in [5.41, 5.74) is 0. The number of ether oxygens (including phenoxy) is 1. The van der Waals surface area contributed by atoms with Gasteiger partial charge in [-0.15, -0.1) is 0 Å². The standard InChI is InChI=1S/C19H36Cl2O2/c1-3-4-5-6-7-8-9-10-11-12-13-14-15-16-17-23-18(22)19(2,20)21/h3-17H2,1-2H3. The van der Waals surface area contributed by atoms with Gasteiger partial charge in [-0.3, -0.25) is 0 Å². The third kappa shape index (κ3) is 16.7. The molecule has 0 unspecified atom stereocenters. The van der Waals surface area contributed by atoms with Crippen LogP contribution in [0.2, 0.25) is 0 Å². The van der Waals surface area contributed by atoms with Crippen LogP contribution in [0.5, 0.6) is 0 Å². The molecule has 0 fully saturated rings. The van der Waals surface area contributed by atoms with Crippen LogP contribution < -0.4 is 0 Å². The van der Waals surface area contributed by atoms with E-state index in [2.05, 4.69) is 6.92 Å². The minimum absolute atomic E-state index is 0.423. The molecule has 0 radical (unpaired) electrons. The molecular weight excluding hydrogens is 331 g/mol. The molecule has 0 aromatic carbocycles. The first kappa shape index (κ1) is 23.1. The Labute approximate surface area is 153 Å². The number of alkyl halides is 2. The lowest BCUT2D eigenvalue weighted by Crippen LogP contribution is -2.24. The van der Waals surface area contributed by atoms with Gasteiger partial charge in [0.05, 0.1) is 6.61 Å². The molecule has 0 rings (SSSR count). The van der Waals surface area contributed by atoms with Crippen LogP contribution in [-0.2, 0) is 9.53 Å². The molecule has 0 aromatic rings. The van der Waals surface area contributed by atoms with Gasteiger partial charge in [0.25, 0.3) is 0 Å². The summed E-state index contributed by atoms with van der Waals surface area (Å²) in [5.74, 6) is -0.546. The fourth-order valence-corrected chi connectivity index (χ4v) is 2.70. The van der Waals surface area contributed by atoms with Crippen molar-refractivity contribution in [3.05, 3.63) is 0 Å². The monoisotopic (exact) mass is 366 g/mol. The minimum Gasteiger partial charge on any atom is -0.463 e. The van der Waals surface area contributed by atoms with Crippen LogP contribution in [0, 0.1) is 0 Å². The second kappa shape index (κ2) is 15.6. The van der Waals surface area contributed by atoms with E-state index in [0.717, 1.165) is 12.8 Å². The fraction of sp³-hybridized carbons (Fsp3) is 0.947. The first-order chi connectivity index (χ1) is 11.0. The van der Waals surface area contributed by atoms with E-state index in [0.29, 0.717) is 6.61 Å². The summed E-state index contributed by atoms with van der Waals surface area (Å²) in [4.78, 5) is 11.3. The average molecular weight is 367 g/mol. The van der Waals surface area contributed by atoms with Crippen molar-refractivity contribution in [3.63, 3.8) is 0 Å². The van der Waals surface area contributed by atoms with Gasteiger partial charge in [-0.1, -0.05) is 114 Å². The lowest BCUT2D eigenvalue weighted by Gasteiger charge is -2.12. The van der Waals surface area contributed by atoms with Crippen LogP contribution in [-0.4, -0.2) is 16.9 Å². The Kier molecular flexibility index (Phi) is 15.6. The van der Waals surface area contributed by atoms with E-state index in [1.165, 1.54) is 84.0 Å². The van der Waals surface area contributed by atoms with Crippen molar-refractivity contribution < 1.29 is 9.53 Å². The van der Waals surface area contributed by atoms with Gasteiger partial charge in [-0.25, -0.2) is 4.79 Å². The van der Waals surface area contributed by atoms with Gasteiger partial charge >= 0.3 is 5.97 Å². The second-order valence-corrected chi connectivity index (χ2v) is 8.33. The van der Waals surface area contributed by atoms with Gasteiger partial charge in [-0.2, -0.15) is 0 Å². The number of rotatable bonds is 16. The Hall–Kier alpha value is 0.0500. The predicted octanol–water partition coefficient (Wildman–Crippen LogP) is 7.20. The number of hydrogen-bond acceptors (Lipinski definition) is 2. The van der Waals surface area contributed by atoms with Crippen molar-refractivity contribution >= 4 is 29.2 Å². The van der Waals surface area contributed by atoms with Crippen LogP contribution in [0.15, 0.2) is 0 Å². The topological polar surface area (TPSA) is 26.3 Å². The maximum atomic E-state index is 11.3. The second-order valence-electron chi connectivity index (χ2n) is 6.62. The Morgan fingerprint density at radius 3 is 1.43 bits per heavy atom. The largest absolute Gasteiger partial charge is 0.463 e. The van der Waals surface area contributed by atoms with E-state index in [1.54, 1.807) is 0 Å². The summed E-state index contributed by atoms with van der Waals surface area (Å²) in [7, 11) is 0. The van der Waals surface area contributed by atoms with E-state index in [1.807, 2.05) is 0 Å². The predicted molar refractivity (Wildman–Crippen MR) is 101 cm³/mol. The molecule has 0 atom stereocenters. The number of carbonyl (C=O) groups is 1. The summed E-state index contributed by atoms with van der Waals surface area (Å²) >= 11 is 11.3. The van der Waals surface area contributed by atoms with E-state index >= 15 is 0 Å². The molecule has 0 spiro atoms. The summed E-state index contributed by atoms with van der Waals surface area (Å²) < 4.78 is 3.59. The van der Waals surface area contributed by atoms with Crippen molar-refractivity contribution in [2.24, 2.45) is 0 Å². The van der Waals surface area contributed by atoms with Crippen LogP contribution in [0.4, 0.5) is 0 Å². The molecule has 23 heavy (non-hydrogen) atoms. The van der Waals surface area contributed by atoms with Crippen LogP contribution in [0.25, 0.3) is 0 Å². The molecule has 0 bridgehead atoms. The van der Waals surface area contributed by atoms with Crippen LogP contribution in [0.1, 0.15) is 104 Å². The molecule has 138 valence electrons. The molecule has 0 aliphatic rings. The first-order valence-electron chi connectivity index (χ1n) is 9.53. The van der Waals surface area contributed by atoms with Gasteiger partial charge in [0.2, 0.25) is 4.33 Å². The Morgan fingerprint density at radius 1 is 0.739 bits per heavy atom. The Bertz CT molecular complexity index is 275. The minimum atomic E-state index is -1.42. The highest BCUT2D eigenvalue weighted by Crippen LogP contribution is 2.21. The highest BCUT2D eigenvalue weighted by atomic mass is 35.5. The van der Waals surface area contributed by atoms with E-state index in [4.69, 9.17) is 27.9 Å². The first-order valence-corrected chi connectivity index (χ1v) is 10.3. The van der Waals surface area contributed by atoms with Gasteiger partial charge in [0.1, 0.15) is 0 Å². The lowest BCUT2D eigenvalue weighted by molar-refractivity contribution is -0.144. The Balaban J connectivity index is 3.12. The normalized spacial score (nSPS) is 11.7. The summed E-state index contributed by atoms with van der Waals surface area (Å²) in [6.07, 6.45) is 18.4. The molecule has 0 aliphatic heterocycles. The number of halogens is 2. The summed E-state index contributed by atoms with van der Waals surface area (Å²) in [6, 6.07) is 0. The quantitative estimate of drug-likeness (QED) is 0.164. The molecule has 0 aromatic heterocycles. The molecule has 0 saturated carbocycles. The van der Waals surface area contributed by atoms with Crippen molar-refractivity contribution in [3.8, 4) is 0 Å². The van der Waals surface area contributed by atoms with Crippen molar-refractivity contribution in [2.75, 3.05) is 6.61 Å². The van der Waals surface area contributed by atoms with Gasteiger partial charge in [-0.05, 0) is 13.3 Å². The molecule has 0 aliphatic carbocycles. The highest BCUT2D eigenvalue weighted by molar-refractivity contribution is 6.57. The molecule has 2 nitrogen and oxygen atoms in total. The molecule has 0 amide bonds. The molecule has 0 N–H and O–H groups in total. The van der Waals surface area contributed by atoms with Crippen molar-refractivity contribution in [1.82, 2.24) is 0 Å². The van der Waals surface area contributed by atoms with E-state index in [9.17, 15) is 4.79 Å². The van der Waals surface area contributed by atoms with Crippen molar-refractivity contribution in [2.45, 2.75) is 108 Å². The zero-order valence-electron chi connectivity index (χ0n) is 15.2. The molecule has 4 heteroatoms. The Morgan fingerprint density at radius 2 is 1.09 bits per heavy atom. The number of hydrogen-bond donors (Lipinski definition) is 0. The zero-order valence-corrected chi connectivity index (χ0v) is 16.7.